The molecule has 9 heteroatoms. The highest BCUT2D eigenvalue weighted by Crippen LogP contribution is 2.19. The van der Waals surface area contributed by atoms with E-state index in [0.717, 1.165) is 30.0 Å². The molecule has 4 aromatic rings. The number of nitrogens with zero attached hydrogens (tertiary/aromatic N) is 6. The third-order valence-corrected chi connectivity index (χ3v) is 5.73. The first-order chi connectivity index (χ1) is 15.6. The van der Waals surface area contributed by atoms with Crippen LogP contribution in [0, 0.1) is 5.82 Å². The predicted octanol–water partition coefficient (Wildman–Crippen LogP) is 2.66. The molecule has 1 fully saturated rings. The first-order valence-electron chi connectivity index (χ1n) is 10.6. The molecule has 1 aliphatic heterocycles. The van der Waals surface area contributed by atoms with Crippen LogP contribution in [-0.2, 0) is 6.54 Å². The molecule has 0 radical (unpaired) electrons. The molecule has 5 rings (SSSR count). The van der Waals surface area contributed by atoms with Crippen LogP contribution < -0.4 is 5.32 Å². The van der Waals surface area contributed by atoms with E-state index in [1.807, 2.05) is 33.7 Å². The molecule has 0 spiro atoms. The number of carbonyl (C=O) groups excluding carboxylic acids is 1. The van der Waals surface area contributed by atoms with Gasteiger partial charge in [-0.2, -0.15) is 0 Å². The van der Waals surface area contributed by atoms with Gasteiger partial charge in [0.15, 0.2) is 0 Å². The van der Waals surface area contributed by atoms with Crippen LogP contribution in [0.1, 0.15) is 16.2 Å². The zero-order valence-corrected chi connectivity index (χ0v) is 17.8. The lowest BCUT2D eigenvalue weighted by Gasteiger charge is -2.31. The minimum Gasteiger partial charge on any atom is -0.379 e. The summed E-state index contributed by atoms with van der Waals surface area (Å²) in [6, 6.07) is 12.1. The van der Waals surface area contributed by atoms with Crippen LogP contribution in [0.25, 0.3) is 11.5 Å². The van der Waals surface area contributed by atoms with Gasteiger partial charge in [0.1, 0.15) is 17.8 Å². The normalized spacial score (nSPS) is 14.8. The summed E-state index contributed by atoms with van der Waals surface area (Å²) < 4.78 is 16.9. The van der Waals surface area contributed by atoms with Gasteiger partial charge in [0.05, 0.1) is 17.8 Å². The Morgan fingerprint density at radius 3 is 2.66 bits per heavy atom. The van der Waals surface area contributed by atoms with Gasteiger partial charge in [-0.15, -0.1) is 0 Å². The van der Waals surface area contributed by atoms with Crippen molar-refractivity contribution in [2.24, 2.45) is 0 Å². The van der Waals surface area contributed by atoms with Crippen molar-refractivity contribution in [1.29, 1.82) is 0 Å². The molecular weight excluding hydrogens is 409 g/mol. The second kappa shape index (κ2) is 8.43. The number of aromatic nitrogens is 4. The van der Waals surface area contributed by atoms with Gasteiger partial charge in [0.25, 0.3) is 5.91 Å². The van der Waals surface area contributed by atoms with Crippen LogP contribution in [0.15, 0.2) is 61.2 Å². The van der Waals surface area contributed by atoms with E-state index in [9.17, 15) is 9.18 Å². The minimum atomic E-state index is -0.271. The van der Waals surface area contributed by atoms with Crippen molar-refractivity contribution in [1.82, 2.24) is 28.7 Å². The summed E-state index contributed by atoms with van der Waals surface area (Å²) in [5.41, 5.74) is 3.00. The van der Waals surface area contributed by atoms with E-state index in [1.54, 1.807) is 29.2 Å². The molecule has 8 nitrogen and oxygen atoms in total. The molecule has 1 aliphatic rings. The number of pyridine rings is 1. The van der Waals surface area contributed by atoms with E-state index >= 15 is 0 Å². The maximum Gasteiger partial charge on any atom is 0.274 e. The highest BCUT2D eigenvalue weighted by molar-refractivity contribution is 5.92. The fourth-order valence-electron chi connectivity index (χ4n) is 3.86. The number of amides is 1. The number of rotatable bonds is 5. The lowest BCUT2D eigenvalue weighted by Crippen LogP contribution is -2.47. The first kappa shape index (κ1) is 20.2. The van der Waals surface area contributed by atoms with Crippen LogP contribution in [0.2, 0.25) is 0 Å². The maximum absolute atomic E-state index is 13.2. The molecule has 0 saturated carbocycles. The van der Waals surface area contributed by atoms with E-state index in [4.69, 9.17) is 4.98 Å². The third kappa shape index (κ3) is 3.94. The number of carbonyl (C=O) groups is 1. The fourth-order valence-corrected chi connectivity index (χ4v) is 3.86. The fraction of sp³-hybridized carbons (Fsp3) is 0.261. The molecule has 0 atom stereocenters. The number of imidazole rings is 2. The molecular formula is C23H24FN7O. The summed E-state index contributed by atoms with van der Waals surface area (Å²) in [5, 5.41) is 3.28. The molecule has 0 unspecified atom stereocenters. The van der Waals surface area contributed by atoms with Gasteiger partial charge >= 0.3 is 0 Å². The van der Waals surface area contributed by atoms with Crippen LogP contribution >= 0.6 is 0 Å². The molecule has 164 valence electrons. The molecule has 3 aromatic heterocycles. The Hall–Kier alpha value is -3.72. The van der Waals surface area contributed by atoms with Crippen molar-refractivity contribution >= 4 is 17.1 Å². The lowest BCUT2D eigenvalue weighted by molar-refractivity contribution is 0.0658. The first-order valence-corrected chi connectivity index (χ1v) is 10.6. The Labute approximate surface area is 184 Å². The maximum atomic E-state index is 13.2. The van der Waals surface area contributed by atoms with E-state index < -0.39 is 0 Å². The number of nitrogens with one attached hydrogen (secondary N) is 1. The molecule has 0 bridgehead atoms. The van der Waals surface area contributed by atoms with Gasteiger partial charge in [-0.1, -0.05) is 6.07 Å². The molecule has 1 saturated heterocycles. The summed E-state index contributed by atoms with van der Waals surface area (Å²) in [6.45, 7) is 3.60. The summed E-state index contributed by atoms with van der Waals surface area (Å²) in [5.74, 6) is 0.324. The highest BCUT2D eigenvalue weighted by atomic mass is 19.1. The number of likely N-dealkylation sites (N-methyl/N-ethyl adjacent to an activating group) is 1. The largest absolute Gasteiger partial charge is 0.379 e. The SMILES string of the molecule is CN1CCN(C(=O)c2cn(-c3nc(CNc4ccc(F)cc4)c4ccccn34)cn2)CC1. The number of anilines is 1. The number of halogens is 1. The Bertz CT molecular complexity index is 1240. The number of piperazine rings is 1. The Morgan fingerprint density at radius 2 is 1.88 bits per heavy atom. The van der Waals surface area contributed by atoms with E-state index in [0.29, 0.717) is 31.3 Å². The Kier molecular flexibility index (Phi) is 5.32. The van der Waals surface area contributed by atoms with Crippen LogP contribution in [0.3, 0.4) is 0 Å². The monoisotopic (exact) mass is 433 g/mol. The highest BCUT2D eigenvalue weighted by Gasteiger charge is 2.23. The average Bonchev–Trinajstić information content (AvgIpc) is 3.44. The second-order valence-electron chi connectivity index (χ2n) is 7.94. The van der Waals surface area contributed by atoms with Gasteiger partial charge in [-0.25, -0.2) is 14.4 Å². The van der Waals surface area contributed by atoms with Gasteiger partial charge in [-0.05, 0) is 43.4 Å². The van der Waals surface area contributed by atoms with Crippen molar-refractivity contribution < 1.29 is 9.18 Å². The number of benzene rings is 1. The summed E-state index contributed by atoms with van der Waals surface area (Å²) in [4.78, 5) is 26.1. The average molecular weight is 433 g/mol. The van der Waals surface area contributed by atoms with Crippen molar-refractivity contribution in [2.75, 3.05) is 38.5 Å². The van der Waals surface area contributed by atoms with Crippen LogP contribution in [0.4, 0.5) is 10.1 Å². The van der Waals surface area contributed by atoms with Crippen LogP contribution in [-0.4, -0.2) is 67.9 Å². The molecule has 1 aromatic carbocycles. The second-order valence-corrected chi connectivity index (χ2v) is 7.94. The molecule has 4 heterocycles. The van der Waals surface area contributed by atoms with Gasteiger partial charge < -0.3 is 15.1 Å². The zero-order valence-electron chi connectivity index (χ0n) is 17.8. The molecule has 1 amide bonds. The van der Waals surface area contributed by atoms with Crippen LogP contribution in [0.5, 0.6) is 0 Å². The number of hydrogen-bond acceptors (Lipinski definition) is 5. The van der Waals surface area contributed by atoms with Crippen molar-refractivity contribution in [3.8, 4) is 5.95 Å². The quantitative estimate of drug-likeness (QED) is 0.524. The topological polar surface area (TPSA) is 70.7 Å². The summed E-state index contributed by atoms with van der Waals surface area (Å²) in [6.07, 6.45) is 5.29. The smallest absolute Gasteiger partial charge is 0.274 e. The van der Waals surface area contributed by atoms with E-state index in [2.05, 4.69) is 22.2 Å². The number of hydrogen-bond donors (Lipinski definition) is 1. The van der Waals surface area contributed by atoms with Gasteiger partial charge in [-0.3, -0.25) is 13.8 Å². The standard InChI is InChI=1S/C23H24FN7O/c1-28-10-12-29(13-11-28)22(32)20-15-30(16-26-20)23-27-19(21-4-2-3-9-31(21)23)14-25-18-7-5-17(24)6-8-18/h2-9,15-16,25H,10-14H2,1H3. The molecule has 0 aliphatic carbocycles. The van der Waals surface area contributed by atoms with Gasteiger partial charge in [0.2, 0.25) is 5.95 Å². The van der Waals surface area contributed by atoms with Crippen molar-refractivity contribution in [3.05, 3.63) is 78.4 Å². The lowest BCUT2D eigenvalue weighted by atomic mass is 10.3. The minimum absolute atomic E-state index is 0.0593. The molecule has 1 N–H and O–H groups in total. The Morgan fingerprint density at radius 1 is 1.09 bits per heavy atom. The zero-order chi connectivity index (χ0) is 22.1. The van der Waals surface area contributed by atoms with E-state index in [1.165, 1.54) is 12.1 Å². The van der Waals surface area contributed by atoms with Crippen molar-refractivity contribution in [2.45, 2.75) is 6.54 Å². The van der Waals surface area contributed by atoms with E-state index in [-0.39, 0.29) is 11.7 Å². The predicted molar refractivity (Wildman–Crippen MR) is 119 cm³/mol. The molecule has 32 heavy (non-hydrogen) atoms. The van der Waals surface area contributed by atoms with Gasteiger partial charge in [0, 0.05) is 44.3 Å². The number of fused-ring (bicyclic) bond motifs is 1. The summed E-state index contributed by atoms with van der Waals surface area (Å²) >= 11 is 0. The van der Waals surface area contributed by atoms with Crippen molar-refractivity contribution in [3.63, 3.8) is 0 Å². The third-order valence-electron chi connectivity index (χ3n) is 5.73. The Balaban J connectivity index is 1.40. The summed E-state index contributed by atoms with van der Waals surface area (Å²) in [7, 11) is 2.06.